The number of hydrogen-bond acceptors (Lipinski definition) is 6. The van der Waals surface area contributed by atoms with E-state index in [2.05, 4.69) is 84.9 Å². The van der Waals surface area contributed by atoms with Gasteiger partial charge in [-0.3, -0.25) is 0 Å². The van der Waals surface area contributed by atoms with Crippen LogP contribution in [-0.4, -0.2) is 15.0 Å². The predicted molar refractivity (Wildman–Crippen MR) is 212 cm³/mol. The lowest BCUT2D eigenvalue weighted by Crippen LogP contribution is -2.04. The van der Waals surface area contributed by atoms with E-state index >= 15 is 0 Å². The van der Waals surface area contributed by atoms with E-state index in [-0.39, 0.29) is 5.88 Å². The number of benzene rings is 7. The van der Waals surface area contributed by atoms with E-state index in [4.69, 9.17) is 29.5 Å². The van der Waals surface area contributed by atoms with Gasteiger partial charge < -0.3 is 14.6 Å². The first-order valence-electron chi connectivity index (χ1n) is 17.3. The summed E-state index contributed by atoms with van der Waals surface area (Å²) < 4.78 is 13.1. The Morgan fingerprint density at radius 1 is 0.519 bits per heavy atom. The first-order valence-corrected chi connectivity index (χ1v) is 17.3. The molecule has 0 fully saturated rings. The Hall–Kier alpha value is -7.05. The van der Waals surface area contributed by atoms with Crippen molar-refractivity contribution in [3.63, 3.8) is 0 Å². The normalized spacial score (nSPS) is 12.1. The number of nitrogens with two attached hydrogens (primary N) is 1. The number of allylic oxidation sites excluding steroid dienone is 1. The number of nitrogen functional groups attached to an aromatic ring is 1. The van der Waals surface area contributed by atoms with Gasteiger partial charge in [0.15, 0.2) is 23.4 Å². The van der Waals surface area contributed by atoms with Crippen LogP contribution < -0.4 is 5.73 Å². The van der Waals surface area contributed by atoms with Crippen LogP contribution in [0.3, 0.4) is 0 Å². The Morgan fingerprint density at radius 2 is 1.13 bits per heavy atom. The Kier molecular flexibility index (Phi) is 6.76. The summed E-state index contributed by atoms with van der Waals surface area (Å²) >= 11 is 0. The second-order valence-corrected chi connectivity index (χ2v) is 12.9. The smallest absolute Gasteiger partial charge is 0.199 e. The molecule has 0 atom stereocenters. The zero-order chi connectivity index (χ0) is 34.8. The van der Waals surface area contributed by atoms with Crippen LogP contribution in [0.5, 0.6) is 0 Å². The van der Waals surface area contributed by atoms with Crippen molar-refractivity contribution in [1.29, 1.82) is 0 Å². The van der Waals surface area contributed by atoms with Gasteiger partial charge in [0.1, 0.15) is 16.7 Å². The number of furan rings is 2. The molecule has 0 amide bonds. The van der Waals surface area contributed by atoms with Crippen LogP contribution in [0.1, 0.15) is 18.3 Å². The number of para-hydroxylation sites is 2. The Morgan fingerprint density at radius 3 is 1.87 bits per heavy atom. The minimum Gasteiger partial charge on any atom is -0.455 e. The summed E-state index contributed by atoms with van der Waals surface area (Å²) in [6.07, 6.45) is 1.99. The zero-order valence-corrected chi connectivity index (χ0v) is 28.2. The number of fused-ring (bicyclic) bond motifs is 6. The Balaban J connectivity index is 1.15. The minimum atomic E-state index is 0.285. The summed E-state index contributed by atoms with van der Waals surface area (Å²) in [6, 6.07) is 49.5. The largest absolute Gasteiger partial charge is 0.455 e. The van der Waals surface area contributed by atoms with Gasteiger partial charge in [0, 0.05) is 44.0 Å². The highest BCUT2D eigenvalue weighted by molar-refractivity contribution is 6.15. The molecule has 0 aliphatic rings. The number of rotatable bonds is 5. The molecule has 3 heterocycles. The highest BCUT2D eigenvalue weighted by Gasteiger charge is 2.24. The monoisotopic (exact) mass is 670 g/mol. The lowest BCUT2D eigenvalue weighted by Gasteiger charge is -2.11. The van der Waals surface area contributed by atoms with Gasteiger partial charge in [0.2, 0.25) is 0 Å². The van der Waals surface area contributed by atoms with E-state index in [1.807, 2.05) is 73.7 Å². The van der Waals surface area contributed by atoms with Crippen LogP contribution in [0.15, 0.2) is 161 Å². The SMILES string of the molecule is C/C=C(/c1nc(-c2ccccc2)nc(-c2ccc3ccccc3c2)n1)c1c(N)oc2c(-c3cccc4c3oc3cc5ccccc5cc34)cccc12. The fraction of sp³-hybridized carbons (Fsp3) is 0.0217. The van der Waals surface area contributed by atoms with Crippen molar-refractivity contribution < 1.29 is 8.83 Å². The third kappa shape index (κ3) is 4.76. The van der Waals surface area contributed by atoms with E-state index in [0.717, 1.165) is 76.9 Å². The first-order chi connectivity index (χ1) is 25.6. The summed E-state index contributed by atoms with van der Waals surface area (Å²) in [5, 5.41) is 7.55. The minimum absolute atomic E-state index is 0.285. The van der Waals surface area contributed by atoms with Crippen LogP contribution in [0.2, 0.25) is 0 Å². The molecule has 0 aliphatic heterocycles. The van der Waals surface area contributed by atoms with Crippen molar-refractivity contribution in [3.8, 4) is 33.9 Å². The van der Waals surface area contributed by atoms with Gasteiger partial charge in [-0.15, -0.1) is 0 Å². The summed E-state index contributed by atoms with van der Waals surface area (Å²) in [7, 11) is 0. The van der Waals surface area contributed by atoms with Gasteiger partial charge in [0.05, 0.1) is 5.56 Å². The molecule has 0 bridgehead atoms. The predicted octanol–water partition coefficient (Wildman–Crippen LogP) is 11.9. The molecule has 246 valence electrons. The summed E-state index contributed by atoms with van der Waals surface area (Å²) in [4.78, 5) is 15.1. The Bertz CT molecular complexity index is 3050. The molecule has 0 radical (unpaired) electrons. The first kappa shape index (κ1) is 29.8. The molecule has 0 aliphatic carbocycles. The van der Waals surface area contributed by atoms with Gasteiger partial charge in [-0.05, 0) is 46.7 Å². The number of aromatic nitrogens is 3. The molecule has 0 saturated carbocycles. The van der Waals surface area contributed by atoms with Crippen molar-refractivity contribution in [2.45, 2.75) is 6.92 Å². The van der Waals surface area contributed by atoms with Crippen LogP contribution >= 0.6 is 0 Å². The summed E-state index contributed by atoms with van der Waals surface area (Å²) in [5.74, 6) is 1.94. The molecular formula is C46H30N4O2. The molecule has 0 unspecified atom stereocenters. The van der Waals surface area contributed by atoms with Crippen molar-refractivity contribution in [1.82, 2.24) is 15.0 Å². The van der Waals surface area contributed by atoms with E-state index in [9.17, 15) is 0 Å². The van der Waals surface area contributed by atoms with Crippen molar-refractivity contribution in [2.75, 3.05) is 5.73 Å². The summed E-state index contributed by atoms with van der Waals surface area (Å²) in [5.41, 5.74) is 14.2. The lowest BCUT2D eigenvalue weighted by molar-refractivity contribution is 0.636. The quantitative estimate of drug-likeness (QED) is 0.196. The second-order valence-electron chi connectivity index (χ2n) is 12.9. The van der Waals surface area contributed by atoms with Gasteiger partial charge in [0.25, 0.3) is 0 Å². The van der Waals surface area contributed by atoms with Gasteiger partial charge >= 0.3 is 0 Å². The van der Waals surface area contributed by atoms with Crippen LogP contribution in [0, 0.1) is 0 Å². The van der Waals surface area contributed by atoms with Crippen LogP contribution in [-0.2, 0) is 0 Å². The number of anilines is 1. The number of nitrogens with zero attached hydrogens (tertiary/aromatic N) is 3. The Labute approximate surface area is 298 Å². The highest BCUT2D eigenvalue weighted by atomic mass is 16.3. The molecule has 0 saturated heterocycles. The molecule has 6 nitrogen and oxygen atoms in total. The highest BCUT2D eigenvalue weighted by Crippen LogP contribution is 2.44. The summed E-state index contributed by atoms with van der Waals surface area (Å²) in [6.45, 7) is 1.97. The maximum Gasteiger partial charge on any atom is 0.199 e. The van der Waals surface area contributed by atoms with E-state index in [1.165, 1.54) is 5.39 Å². The average Bonchev–Trinajstić information content (AvgIpc) is 3.73. The molecule has 0 spiro atoms. The molecule has 52 heavy (non-hydrogen) atoms. The van der Waals surface area contributed by atoms with Gasteiger partial charge in [-0.2, -0.15) is 0 Å². The third-order valence-electron chi connectivity index (χ3n) is 9.87. The molecule has 10 aromatic rings. The van der Waals surface area contributed by atoms with Gasteiger partial charge in [-0.1, -0.05) is 133 Å². The number of hydrogen-bond donors (Lipinski definition) is 1. The molecule has 2 N–H and O–H groups in total. The fourth-order valence-corrected chi connectivity index (χ4v) is 7.38. The zero-order valence-electron chi connectivity index (χ0n) is 28.2. The topological polar surface area (TPSA) is 91.0 Å². The van der Waals surface area contributed by atoms with Crippen LogP contribution in [0.25, 0.3) is 93.9 Å². The standard InChI is InChI=1S/C46H30N4O2/c1-2-33(46-49-44(28-13-4-3-5-14-28)48-45(50-46)32-23-22-27-12-6-7-15-29(27)24-32)40-37-21-11-19-35(42(37)52-43(40)47)34-18-10-20-36-38-25-30-16-8-9-17-31(30)26-39(38)51-41(34)36/h2-26H,47H2,1H3/b33-2+. The third-order valence-corrected chi connectivity index (χ3v) is 9.87. The maximum absolute atomic E-state index is 6.80. The lowest BCUT2D eigenvalue weighted by atomic mass is 9.97. The molecule has 6 heteroatoms. The average molecular weight is 671 g/mol. The van der Waals surface area contributed by atoms with Crippen molar-refractivity contribution in [3.05, 3.63) is 163 Å². The van der Waals surface area contributed by atoms with Crippen molar-refractivity contribution >= 4 is 65.9 Å². The second kappa shape index (κ2) is 11.8. The van der Waals surface area contributed by atoms with E-state index in [1.54, 1.807) is 0 Å². The fourth-order valence-electron chi connectivity index (χ4n) is 7.38. The van der Waals surface area contributed by atoms with Crippen molar-refractivity contribution in [2.24, 2.45) is 0 Å². The van der Waals surface area contributed by atoms with E-state index < -0.39 is 0 Å². The molecule has 10 rings (SSSR count). The molecular weight excluding hydrogens is 641 g/mol. The van der Waals surface area contributed by atoms with Gasteiger partial charge in [-0.25, -0.2) is 15.0 Å². The maximum atomic E-state index is 6.80. The van der Waals surface area contributed by atoms with E-state index in [0.29, 0.717) is 23.1 Å². The molecule has 3 aromatic heterocycles. The molecule has 7 aromatic carbocycles. The van der Waals surface area contributed by atoms with Crippen LogP contribution in [0.4, 0.5) is 5.88 Å².